The van der Waals surface area contributed by atoms with Gasteiger partial charge in [0.05, 0.1) is 13.7 Å². The number of amides is 2. The number of hydrogen-bond acceptors (Lipinski definition) is 5. The van der Waals surface area contributed by atoms with Crippen LogP contribution in [0.5, 0.6) is 0 Å². The number of carbonyl (C=O) groups excluding carboxylic acids is 2. The smallest absolute Gasteiger partial charge is 0.360 e. The fraction of sp³-hybridized carbons (Fsp3) is 0.389. The predicted molar refractivity (Wildman–Crippen MR) is 93.5 cm³/mol. The summed E-state index contributed by atoms with van der Waals surface area (Å²) in [5, 5.41) is 2.91. The molecular weight excluding hydrogens is 322 g/mol. The molecule has 0 aliphatic rings. The van der Waals surface area contributed by atoms with Crippen molar-refractivity contribution in [1.29, 1.82) is 0 Å². The summed E-state index contributed by atoms with van der Waals surface area (Å²) < 4.78 is 9.87. The molecule has 0 aliphatic heterocycles. The Morgan fingerprint density at radius 1 is 1.32 bits per heavy atom. The number of carbonyl (C=O) groups is 2. The van der Waals surface area contributed by atoms with Crippen molar-refractivity contribution in [3.63, 3.8) is 0 Å². The van der Waals surface area contributed by atoms with Gasteiger partial charge in [0.25, 0.3) is 0 Å². The van der Waals surface area contributed by atoms with Crippen LogP contribution >= 0.6 is 0 Å². The van der Waals surface area contributed by atoms with Crippen molar-refractivity contribution in [3.8, 4) is 0 Å². The first-order chi connectivity index (χ1) is 11.8. The van der Waals surface area contributed by atoms with Gasteiger partial charge in [-0.3, -0.25) is 0 Å². The van der Waals surface area contributed by atoms with Gasteiger partial charge in [-0.2, -0.15) is 0 Å². The zero-order valence-corrected chi connectivity index (χ0v) is 15.1. The van der Waals surface area contributed by atoms with Crippen LogP contribution in [-0.2, 0) is 11.3 Å². The first kappa shape index (κ1) is 18.5. The molecule has 0 saturated heterocycles. The maximum atomic E-state index is 12.6. The maximum Gasteiger partial charge on any atom is 0.360 e. The molecule has 1 aromatic heterocycles. The van der Waals surface area contributed by atoms with E-state index in [0.717, 1.165) is 16.8 Å². The van der Waals surface area contributed by atoms with E-state index in [-0.39, 0.29) is 30.2 Å². The van der Waals surface area contributed by atoms with Crippen molar-refractivity contribution in [2.45, 2.75) is 40.3 Å². The first-order valence-electron chi connectivity index (χ1n) is 7.99. The molecule has 25 heavy (non-hydrogen) atoms. The molecule has 0 fully saturated rings. The molecule has 0 atom stereocenters. The van der Waals surface area contributed by atoms with Crippen LogP contribution in [0.15, 0.2) is 28.9 Å². The molecule has 1 aromatic carbocycles. The Bertz CT molecular complexity index is 767. The van der Waals surface area contributed by atoms with Gasteiger partial charge in [-0.15, -0.1) is 0 Å². The summed E-state index contributed by atoms with van der Waals surface area (Å²) in [6.45, 7) is 7.88. The molecule has 0 spiro atoms. The van der Waals surface area contributed by atoms with Gasteiger partial charge >= 0.3 is 12.0 Å². The molecule has 2 rings (SSSR count). The fourth-order valence-electron chi connectivity index (χ4n) is 2.36. The Kier molecular flexibility index (Phi) is 5.80. The number of aryl methyl sites for hydroxylation is 2. The van der Waals surface area contributed by atoms with E-state index in [1.807, 2.05) is 45.9 Å². The minimum Gasteiger partial charge on any atom is -0.464 e. The number of nitrogens with zero attached hydrogens (tertiary/aromatic N) is 2. The normalized spacial score (nSPS) is 10.6. The number of ether oxygens (including phenoxy) is 1. The third kappa shape index (κ3) is 4.59. The van der Waals surface area contributed by atoms with E-state index in [1.165, 1.54) is 13.4 Å². The summed E-state index contributed by atoms with van der Waals surface area (Å²) in [5.74, 6) is -0.310. The number of methoxy groups -OCH3 is 1. The lowest BCUT2D eigenvalue weighted by Gasteiger charge is -2.26. The summed E-state index contributed by atoms with van der Waals surface area (Å²) in [4.78, 5) is 29.7. The highest BCUT2D eigenvalue weighted by Gasteiger charge is 2.21. The van der Waals surface area contributed by atoms with Crippen molar-refractivity contribution in [1.82, 2.24) is 9.88 Å². The Balaban J connectivity index is 2.13. The number of oxazole rings is 1. The minimum absolute atomic E-state index is 0.0796. The van der Waals surface area contributed by atoms with Crippen LogP contribution in [0.4, 0.5) is 10.5 Å². The minimum atomic E-state index is -0.578. The van der Waals surface area contributed by atoms with Gasteiger partial charge in [-0.1, -0.05) is 17.7 Å². The van der Waals surface area contributed by atoms with E-state index in [0.29, 0.717) is 0 Å². The molecule has 134 valence electrons. The maximum absolute atomic E-state index is 12.6. The highest BCUT2D eigenvalue weighted by molar-refractivity contribution is 5.90. The Hall–Kier alpha value is -2.83. The summed E-state index contributed by atoms with van der Waals surface area (Å²) in [7, 11) is 1.27. The van der Waals surface area contributed by atoms with Gasteiger partial charge in [0, 0.05) is 11.7 Å². The van der Waals surface area contributed by atoms with Crippen molar-refractivity contribution in [2.24, 2.45) is 0 Å². The van der Waals surface area contributed by atoms with E-state index >= 15 is 0 Å². The number of nitrogens with one attached hydrogen (secondary N) is 1. The second-order valence-electron chi connectivity index (χ2n) is 6.09. The van der Waals surface area contributed by atoms with E-state index in [1.54, 1.807) is 4.90 Å². The average molecular weight is 345 g/mol. The van der Waals surface area contributed by atoms with Gasteiger partial charge in [0.1, 0.15) is 6.26 Å². The highest BCUT2D eigenvalue weighted by atomic mass is 16.5. The molecule has 1 N–H and O–H groups in total. The molecule has 1 heterocycles. The Morgan fingerprint density at radius 3 is 2.64 bits per heavy atom. The lowest BCUT2D eigenvalue weighted by atomic mass is 10.1. The number of anilines is 1. The van der Waals surface area contributed by atoms with Gasteiger partial charge in [-0.25, -0.2) is 14.6 Å². The molecule has 2 amide bonds. The number of esters is 1. The fourth-order valence-corrected chi connectivity index (χ4v) is 2.36. The number of benzene rings is 1. The van der Waals surface area contributed by atoms with Crippen LogP contribution in [0.1, 0.15) is 41.4 Å². The van der Waals surface area contributed by atoms with Gasteiger partial charge in [0.2, 0.25) is 5.89 Å². The van der Waals surface area contributed by atoms with E-state index < -0.39 is 5.97 Å². The van der Waals surface area contributed by atoms with E-state index in [9.17, 15) is 9.59 Å². The standard InChI is InChI=1S/C18H23N3O4/c1-11(2)21(9-16-19-15(10-25-16)17(22)24-5)18(23)20-14-7-6-12(3)8-13(14)4/h6-8,10-11H,9H2,1-5H3,(H,20,23). The predicted octanol–water partition coefficient (Wildman–Crippen LogP) is 3.52. The molecule has 7 nitrogen and oxygen atoms in total. The third-order valence-electron chi connectivity index (χ3n) is 3.76. The van der Waals surface area contributed by atoms with Crippen molar-refractivity contribution in [2.75, 3.05) is 12.4 Å². The van der Waals surface area contributed by atoms with Crippen LogP contribution in [0, 0.1) is 13.8 Å². The molecule has 0 saturated carbocycles. The topological polar surface area (TPSA) is 84.7 Å². The largest absolute Gasteiger partial charge is 0.464 e. The number of hydrogen-bond donors (Lipinski definition) is 1. The molecule has 0 radical (unpaired) electrons. The lowest BCUT2D eigenvalue weighted by molar-refractivity contribution is 0.0594. The zero-order chi connectivity index (χ0) is 18.6. The van der Waals surface area contributed by atoms with Crippen LogP contribution in [0.2, 0.25) is 0 Å². The van der Waals surface area contributed by atoms with Gasteiger partial charge in [0.15, 0.2) is 5.69 Å². The van der Waals surface area contributed by atoms with Crippen molar-refractivity contribution < 1.29 is 18.7 Å². The molecule has 0 aliphatic carbocycles. The summed E-state index contributed by atoms with van der Waals surface area (Å²) in [6.07, 6.45) is 1.22. The molecule has 7 heteroatoms. The molecule has 0 bridgehead atoms. The van der Waals surface area contributed by atoms with Gasteiger partial charge < -0.3 is 19.4 Å². The van der Waals surface area contributed by atoms with Crippen LogP contribution in [-0.4, -0.2) is 35.0 Å². The monoisotopic (exact) mass is 345 g/mol. The molecular formula is C18H23N3O4. The molecule has 2 aromatic rings. The van der Waals surface area contributed by atoms with Crippen molar-refractivity contribution in [3.05, 3.63) is 47.2 Å². The lowest BCUT2D eigenvalue weighted by Crippen LogP contribution is -2.39. The summed E-state index contributed by atoms with van der Waals surface area (Å²) in [6, 6.07) is 5.48. The number of aromatic nitrogens is 1. The van der Waals surface area contributed by atoms with Crippen LogP contribution in [0.25, 0.3) is 0 Å². The van der Waals surface area contributed by atoms with Crippen molar-refractivity contribution >= 4 is 17.7 Å². The third-order valence-corrected chi connectivity index (χ3v) is 3.76. The highest BCUT2D eigenvalue weighted by Crippen LogP contribution is 2.18. The quantitative estimate of drug-likeness (QED) is 0.838. The second kappa shape index (κ2) is 7.83. The summed E-state index contributed by atoms with van der Waals surface area (Å²) >= 11 is 0. The molecule has 0 unspecified atom stereocenters. The first-order valence-corrected chi connectivity index (χ1v) is 7.99. The average Bonchev–Trinajstić information content (AvgIpc) is 3.02. The zero-order valence-electron chi connectivity index (χ0n) is 15.1. The number of rotatable bonds is 5. The Morgan fingerprint density at radius 2 is 2.04 bits per heavy atom. The van der Waals surface area contributed by atoms with Crippen LogP contribution in [0.3, 0.4) is 0 Å². The Labute approximate surface area is 147 Å². The number of urea groups is 1. The SMILES string of the molecule is COC(=O)c1coc(CN(C(=O)Nc2ccc(C)cc2C)C(C)C)n1. The van der Waals surface area contributed by atoms with Crippen LogP contribution < -0.4 is 5.32 Å². The summed E-state index contributed by atoms with van der Waals surface area (Å²) in [5.41, 5.74) is 2.95. The van der Waals surface area contributed by atoms with E-state index in [4.69, 9.17) is 4.42 Å². The van der Waals surface area contributed by atoms with E-state index in [2.05, 4.69) is 15.0 Å². The van der Waals surface area contributed by atoms with Gasteiger partial charge in [-0.05, 0) is 39.3 Å². The second-order valence-corrected chi connectivity index (χ2v) is 6.09.